The van der Waals surface area contributed by atoms with Crippen LogP contribution < -0.4 is 11.1 Å². The lowest BCUT2D eigenvalue weighted by atomic mass is 10.0. The summed E-state index contributed by atoms with van der Waals surface area (Å²) in [7, 11) is 1.34. The molecule has 1 aromatic carbocycles. The minimum atomic E-state index is -0.439. The van der Waals surface area contributed by atoms with Crippen molar-refractivity contribution in [2.75, 3.05) is 30.5 Å². The van der Waals surface area contributed by atoms with Crippen molar-refractivity contribution < 1.29 is 9.53 Å². The monoisotopic (exact) mass is 314 g/mol. The van der Waals surface area contributed by atoms with Gasteiger partial charge in [-0.25, -0.2) is 4.79 Å². The van der Waals surface area contributed by atoms with E-state index >= 15 is 0 Å². The van der Waals surface area contributed by atoms with Crippen LogP contribution in [0.5, 0.6) is 0 Å². The molecule has 1 aliphatic rings. The fourth-order valence-corrected chi connectivity index (χ4v) is 3.87. The van der Waals surface area contributed by atoms with E-state index in [-0.39, 0.29) is 4.75 Å². The van der Waals surface area contributed by atoms with Crippen molar-refractivity contribution in [3.05, 3.63) is 22.7 Å². The SMILES string of the molecule is COC(=O)c1cc(N)cc(Cl)c1NCC1(C)CCCS1. The summed E-state index contributed by atoms with van der Waals surface area (Å²) in [5.74, 6) is 0.739. The lowest BCUT2D eigenvalue weighted by Crippen LogP contribution is -2.28. The molecule has 6 heteroatoms. The summed E-state index contributed by atoms with van der Waals surface area (Å²) in [6, 6.07) is 3.23. The minimum absolute atomic E-state index is 0.179. The Balaban J connectivity index is 2.23. The highest BCUT2D eigenvalue weighted by atomic mass is 35.5. The third kappa shape index (κ3) is 3.33. The molecule has 1 fully saturated rings. The average molecular weight is 315 g/mol. The zero-order valence-corrected chi connectivity index (χ0v) is 13.2. The van der Waals surface area contributed by atoms with Crippen molar-refractivity contribution >= 4 is 40.7 Å². The van der Waals surface area contributed by atoms with E-state index in [9.17, 15) is 4.79 Å². The van der Waals surface area contributed by atoms with Crippen LogP contribution in [-0.4, -0.2) is 30.1 Å². The smallest absolute Gasteiger partial charge is 0.340 e. The number of thioether (sulfide) groups is 1. The molecule has 0 aliphatic carbocycles. The average Bonchev–Trinajstić information content (AvgIpc) is 2.83. The lowest BCUT2D eigenvalue weighted by Gasteiger charge is -2.24. The Hall–Kier alpha value is -1.07. The number of hydrogen-bond donors (Lipinski definition) is 2. The number of methoxy groups -OCH3 is 1. The third-order valence-electron chi connectivity index (χ3n) is 3.46. The van der Waals surface area contributed by atoms with Gasteiger partial charge in [-0.3, -0.25) is 0 Å². The highest BCUT2D eigenvalue weighted by Crippen LogP contribution is 2.39. The number of ether oxygens (including phenoxy) is 1. The van der Waals surface area contributed by atoms with Gasteiger partial charge in [-0.1, -0.05) is 11.6 Å². The Bertz CT molecular complexity index is 516. The number of benzene rings is 1. The number of halogens is 1. The number of nitrogen functional groups attached to an aromatic ring is 1. The van der Waals surface area contributed by atoms with Crippen LogP contribution in [0.15, 0.2) is 12.1 Å². The first-order valence-corrected chi connectivity index (χ1v) is 7.87. The van der Waals surface area contributed by atoms with Crippen LogP contribution >= 0.6 is 23.4 Å². The van der Waals surface area contributed by atoms with Crippen LogP contribution in [0.4, 0.5) is 11.4 Å². The van der Waals surface area contributed by atoms with Crippen molar-refractivity contribution in [1.29, 1.82) is 0 Å². The predicted octanol–water partition coefficient (Wildman–Crippen LogP) is 3.41. The summed E-state index contributed by atoms with van der Waals surface area (Å²) < 4.78 is 4.96. The molecular weight excluding hydrogens is 296 g/mol. The van der Waals surface area contributed by atoms with Gasteiger partial charge in [0.25, 0.3) is 0 Å². The van der Waals surface area contributed by atoms with Gasteiger partial charge >= 0.3 is 5.97 Å². The number of anilines is 2. The summed E-state index contributed by atoms with van der Waals surface area (Å²) in [6.07, 6.45) is 2.38. The van der Waals surface area contributed by atoms with E-state index in [1.165, 1.54) is 19.3 Å². The first kappa shape index (κ1) is 15.3. The van der Waals surface area contributed by atoms with Crippen molar-refractivity contribution in [2.45, 2.75) is 24.5 Å². The zero-order chi connectivity index (χ0) is 14.8. The van der Waals surface area contributed by atoms with Gasteiger partial charge in [0, 0.05) is 17.0 Å². The topological polar surface area (TPSA) is 64.3 Å². The molecule has 1 aliphatic heterocycles. The van der Waals surface area contributed by atoms with E-state index in [2.05, 4.69) is 12.2 Å². The molecule has 1 heterocycles. The van der Waals surface area contributed by atoms with Crippen molar-refractivity contribution in [3.8, 4) is 0 Å². The maximum Gasteiger partial charge on any atom is 0.340 e. The van der Waals surface area contributed by atoms with E-state index in [4.69, 9.17) is 22.1 Å². The molecule has 3 N–H and O–H groups in total. The van der Waals surface area contributed by atoms with Gasteiger partial charge in [-0.15, -0.1) is 0 Å². The van der Waals surface area contributed by atoms with Gasteiger partial charge in [0.15, 0.2) is 0 Å². The van der Waals surface area contributed by atoms with Crippen LogP contribution in [0.2, 0.25) is 5.02 Å². The molecular formula is C14H19ClN2O2S. The van der Waals surface area contributed by atoms with Crippen molar-refractivity contribution in [3.63, 3.8) is 0 Å². The molecule has 20 heavy (non-hydrogen) atoms. The molecule has 1 unspecified atom stereocenters. The Morgan fingerprint density at radius 3 is 2.95 bits per heavy atom. The maximum absolute atomic E-state index is 11.8. The quantitative estimate of drug-likeness (QED) is 0.658. The number of nitrogens with one attached hydrogen (secondary N) is 1. The van der Waals surface area contributed by atoms with Crippen molar-refractivity contribution in [1.82, 2.24) is 0 Å². The van der Waals surface area contributed by atoms with Gasteiger partial charge in [-0.05, 0) is 37.7 Å². The van der Waals surface area contributed by atoms with E-state index in [0.29, 0.717) is 22.0 Å². The summed E-state index contributed by atoms with van der Waals surface area (Å²) in [5, 5.41) is 3.74. The van der Waals surface area contributed by atoms with Gasteiger partial charge in [0.2, 0.25) is 0 Å². The Kier molecular flexibility index (Phi) is 4.70. The molecule has 1 aromatic rings. The molecule has 0 aromatic heterocycles. The molecule has 0 saturated carbocycles. The highest BCUT2D eigenvalue weighted by molar-refractivity contribution is 8.00. The number of rotatable bonds is 4. The Morgan fingerprint density at radius 2 is 2.35 bits per heavy atom. The van der Waals surface area contributed by atoms with Crippen molar-refractivity contribution in [2.24, 2.45) is 0 Å². The second-order valence-corrected chi connectivity index (χ2v) is 7.26. The first-order valence-electron chi connectivity index (χ1n) is 6.50. The van der Waals surface area contributed by atoms with E-state index in [1.54, 1.807) is 12.1 Å². The van der Waals surface area contributed by atoms with E-state index in [1.807, 2.05) is 11.8 Å². The summed E-state index contributed by atoms with van der Waals surface area (Å²) in [5.41, 5.74) is 7.17. The summed E-state index contributed by atoms with van der Waals surface area (Å²) >= 11 is 8.16. The zero-order valence-electron chi connectivity index (χ0n) is 11.7. The largest absolute Gasteiger partial charge is 0.465 e. The molecule has 4 nitrogen and oxygen atoms in total. The lowest BCUT2D eigenvalue weighted by molar-refractivity contribution is 0.0602. The predicted molar refractivity (Wildman–Crippen MR) is 85.8 cm³/mol. The first-order chi connectivity index (χ1) is 9.45. The number of nitrogens with two attached hydrogens (primary N) is 1. The van der Waals surface area contributed by atoms with Crippen LogP contribution in [0.3, 0.4) is 0 Å². The number of carbonyl (C=O) groups is 1. The van der Waals surface area contributed by atoms with Gasteiger partial charge < -0.3 is 15.8 Å². The molecule has 2 rings (SSSR count). The van der Waals surface area contributed by atoms with Crippen LogP contribution in [0.25, 0.3) is 0 Å². The van der Waals surface area contributed by atoms with Gasteiger partial charge in [0.1, 0.15) is 0 Å². The molecule has 0 radical (unpaired) electrons. The third-order valence-corrected chi connectivity index (χ3v) is 5.29. The highest BCUT2D eigenvalue weighted by Gasteiger charge is 2.30. The van der Waals surface area contributed by atoms with Crippen LogP contribution in [-0.2, 0) is 4.74 Å². The second kappa shape index (κ2) is 6.14. The summed E-state index contributed by atoms with van der Waals surface area (Å²) in [6.45, 7) is 2.98. The van der Waals surface area contributed by atoms with Crippen LogP contribution in [0.1, 0.15) is 30.1 Å². The van der Waals surface area contributed by atoms with Crippen LogP contribution in [0, 0.1) is 0 Å². The number of carbonyl (C=O) groups excluding carboxylic acids is 1. The van der Waals surface area contributed by atoms with Gasteiger partial charge in [0.05, 0.1) is 23.4 Å². The molecule has 0 bridgehead atoms. The maximum atomic E-state index is 11.8. The number of hydrogen-bond acceptors (Lipinski definition) is 5. The van der Waals surface area contributed by atoms with E-state index in [0.717, 1.165) is 13.0 Å². The fraction of sp³-hybridized carbons (Fsp3) is 0.500. The molecule has 1 atom stereocenters. The number of esters is 1. The normalized spacial score (nSPS) is 21.8. The molecule has 110 valence electrons. The summed E-state index contributed by atoms with van der Waals surface area (Å²) in [4.78, 5) is 11.8. The molecule has 0 spiro atoms. The van der Waals surface area contributed by atoms with Gasteiger partial charge in [-0.2, -0.15) is 11.8 Å². The Morgan fingerprint density at radius 1 is 1.60 bits per heavy atom. The second-order valence-electron chi connectivity index (χ2n) is 5.17. The standard InChI is InChI=1S/C14H19ClN2O2S/c1-14(4-3-5-20-14)8-17-12-10(13(18)19-2)6-9(16)7-11(12)15/h6-7,17H,3-5,8,16H2,1-2H3. The fourth-order valence-electron chi connectivity index (χ4n) is 2.33. The molecule has 1 saturated heterocycles. The Labute approximate surface area is 128 Å². The molecule has 0 amide bonds. The minimum Gasteiger partial charge on any atom is -0.465 e. The van der Waals surface area contributed by atoms with E-state index < -0.39 is 5.97 Å².